The first-order chi connectivity index (χ1) is 13.6. The standard InChI is InChI=1S/C21H20FN3O3/c1-27-19-8-7-17(22)11-16(19)13-24-9-10-25-18(21(24)26)12-20(23-25)28-14-15-5-3-2-4-6-15/h2-8,11-12H,9-10,13-14H2,1H3. The van der Waals surface area contributed by atoms with Crippen molar-refractivity contribution < 1.29 is 18.7 Å². The van der Waals surface area contributed by atoms with Crippen molar-refractivity contribution in [1.82, 2.24) is 14.7 Å². The molecule has 7 heteroatoms. The second-order valence-electron chi connectivity index (χ2n) is 6.55. The Hall–Kier alpha value is -3.35. The molecule has 0 saturated heterocycles. The van der Waals surface area contributed by atoms with Crippen molar-refractivity contribution in [1.29, 1.82) is 0 Å². The maximum absolute atomic E-state index is 13.6. The topological polar surface area (TPSA) is 56.6 Å². The van der Waals surface area contributed by atoms with Crippen LogP contribution in [0.1, 0.15) is 21.6 Å². The van der Waals surface area contributed by atoms with E-state index in [4.69, 9.17) is 9.47 Å². The summed E-state index contributed by atoms with van der Waals surface area (Å²) in [6.45, 7) is 1.68. The number of ether oxygens (including phenoxy) is 2. The highest BCUT2D eigenvalue weighted by Crippen LogP contribution is 2.25. The van der Waals surface area contributed by atoms with E-state index >= 15 is 0 Å². The number of rotatable bonds is 6. The lowest BCUT2D eigenvalue weighted by molar-refractivity contribution is 0.0682. The molecule has 0 bridgehead atoms. The molecule has 0 fully saturated rings. The van der Waals surface area contributed by atoms with Crippen LogP contribution in [0.4, 0.5) is 4.39 Å². The van der Waals surface area contributed by atoms with Gasteiger partial charge in [0.1, 0.15) is 23.9 Å². The quantitative estimate of drug-likeness (QED) is 0.658. The average Bonchev–Trinajstić information content (AvgIpc) is 3.14. The van der Waals surface area contributed by atoms with Gasteiger partial charge in [0, 0.05) is 24.7 Å². The van der Waals surface area contributed by atoms with Crippen molar-refractivity contribution in [2.45, 2.75) is 19.7 Å². The summed E-state index contributed by atoms with van der Waals surface area (Å²) in [5.74, 6) is 0.444. The van der Waals surface area contributed by atoms with Crippen LogP contribution < -0.4 is 9.47 Å². The maximum atomic E-state index is 13.6. The van der Waals surface area contributed by atoms with Gasteiger partial charge in [0.25, 0.3) is 5.91 Å². The number of fused-ring (bicyclic) bond motifs is 1. The fourth-order valence-electron chi connectivity index (χ4n) is 3.24. The van der Waals surface area contributed by atoms with E-state index in [2.05, 4.69) is 5.10 Å². The second-order valence-corrected chi connectivity index (χ2v) is 6.55. The molecule has 2 heterocycles. The molecule has 0 atom stereocenters. The van der Waals surface area contributed by atoms with E-state index < -0.39 is 0 Å². The molecule has 0 spiro atoms. The Labute approximate surface area is 162 Å². The van der Waals surface area contributed by atoms with Crippen molar-refractivity contribution in [3.05, 3.63) is 77.2 Å². The normalized spacial score (nSPS) is 13.4. The first kappa shape index (κ1) is 18.0. The number of carbonyl (C=O) groups excluding carboxylic acids is 1. The van der Waals surface area contributed by atoms with Crippen LogP contribution in [0.2, 0.25) is 0 Å². The number of amides is 1. The van der Waals surface area contributed by atoms with Gasteiger partial charge in [0.2, 0.25) is 5.88 Å². The van der Waals surface area contributed by atoms with Gasteiger partial charge in [-0.3, -0.25) is 9.48 Å². The van der Waals surface area contributed by atoms with E-state index in [-0.39, 0.29) is 18.3 Å². The summed E-state index contributed by atoms with van der Waals surface area (Å²) in [5, 5.41) is 4.37. The molecule has 6 nitrogen and oxygen atoms in total. The van der Waals surface area contributed by atoms with Gasteiger partial charge in [0.15, 0.2) is 0 Å². The Bertz CT molecular complexity index is 988. The van der Waals surface area contributed by atoms with Gasteiger partial charge in [-0.1, -0.05) is 30.3 Å². The van der Waals surface area contributed by atoms with Crippen LogP contribution in [0.25, 0.3) is 0 Å². The summed E-state index contributed by atoms with van der Waals surface area (Å²) in [6, 6.07) is 15.7. The molecule has 1 aliphatic heterocycles. The Morgan fingerprint density at radius 1 is 1.11 bits per heavy atom. The van der Waals surface area contributed by atoms with Crippen molar-refractivity contribution >= 4 is 5.91 Å². The Balaban J connectivity index is 1.48. The molecule has 0 N–H and O–H groups in total. The minimum absolute atomic E-state index is 0.167. The van der Waals surface area contributed by atoms with Crippen molar-refractivity contribution in [2.75, 3.05) is 13.7 Å². The number of halogens is 1. The molecule has 144 valence electrons. The molecule has 1 amide bonds. The highest BCUT2D eigenvalue weighted by molar-refractivity contribution is 5.93. The molecule has 2 aromatic carbocycles. The first-order valence-electron chi connectivity index (χ1n) is 9.00. The number of hydrogen-bond donors (Lipinski definition) is 0. The Morgan fingerprint density at radius 2 is 1.93 bits per heavy atom. The molecule has 1 aliphatic rings. The SMILES string of the molecule is COc1ccc(F)cc1CN1CCn2nc(OCc3ccccc3)cc2C1=O. The third-order valence-electron chi connectivity index (χ3n) is 4.68. The van der Waals surface area contributed by atoms with E-state index in [1.165, 1.54) is 19.2 Å². The lowest BCUT2D eigenvalue weighted by Crippen LogP contribution is -2.39. The van der Waals surface area contributed by atoms with E-state index in [1.807, 2.05) is 30.3 Å². The van der Waals surface area contributed by atoms with E-state index in [0.29, 0.717) is 42.6 Å². The number of benzene rings is 2. The zero-order valence-electron chi connectivity index (χ0n) is 15.5. The monoisotopic (exact) mass is 381 g/mol. The van der Waals surface area contributed by atoms with Gasteiger partial charge in [-0.25, -0.2) is 4.39 Å². The zero-order chi connectivity index (χ0) is 19.5. The van der Waals surface area contributed by atoms with Gasteiger partial charge in [0.05, 0.1) is 13.7 Å². The number of hydrogen-bond acceptors (Lipinski definition) is 4. The molecule has 0 unspecified atom stereocenters. The van der Waals surface area contributed by atoms with Gasteiger partial charge < -0.3 is 14.4 Å². The summed E-state index contributed by atoms with van der Waals surface area (Å²) in [4.78, 5) is 14.5. The number of nitrogens with zero attached hydrogens (tertiary/aromatic N) is 3. The number of aromatic nitrogens is 2. The fourth-order valence-corrected chi connectivity index (χ4v) is 3.24. The molecular formula is C21H20FN3O3. The highest BCUT2D eigenvalue weighted by Gasteiger charge is 2.27. The van der Waals surface area contributed by atoms with Gasteiger partial charge in [-0.2, -0.15) is 0 Å². The van der Waals surface area contributed by atoms with Crippen LogP contribution in [0, 0.1) is 5.82 Å². The highest BCUT2D eigenvalue weighted by atomic mass is 19.1. The van der Waals surface area contributed by atoms with Crippen molar-refractivity contribution in [3.8, 4) is 11.6 Å². The largest absolute Gasteiger partial charge is 0.496 e. The fraction of sp³-hybridized carbons (Fsp3) is 0.238. The lowest BCUT2D eigenvalue weighted by atomic mass is 10.1. The van der Waals surface area contributed by atoms with E-state index in [0.717, 1.165) is 5.56 Å². The summed E-state index contributed by atoms with van der Waals surface area (Å²) in [7, 11) is 1.53. The Kier molecular flexibility index (Phi) is 4.97. The van der Waals surface area contributed by atoms with Gasteiger partial charge in [-0.05, 0) is 23.8 Å². The molecule has 4 rings (SSSR count). The van der Waals surface area contributed by atoms with Crippen LogP contribution in [-0.4, -0.2) is 34.2 Å². The number of methoxy groups -OCH3 is 1. The van der Waals surface area contributed by atoms with Crippen molar-refractivity contribution in [2.24, 2.45) is 0 Å². The molecule has 0 aliphatic carbocycles. The molecule has 28 heavy (non-hydrogen) atoms. The predicted molar refractivity (Wildman–Crippen MR) is 101 cm³/mol. The lowest BCUT2D eigenvalue weighted by Gasteiger charge is -2.27. The smallest absolute Gasteiger partial charge is 0.272 e. The minimum Gasteiger partial charge on any atom is -0.496 e. The predicted octanol–water partition coefficient (Wildman–Crippen LogP) is 3.27. The third-order valence-corrected chi connectivity index (χ3v) is 4.68. The summed E-state index contributed by atoms with van der Waals surface area (Å²) in [6.07, 6.45) is 0. The number of carbonyl (C=O) groups is 1. The van der Waals surface area contributed by atoms with Crippen molar-refractivity contribution in [3.63, 3.8) is 0 Å². The summed E-state index contributed by atoms with van der Waals surface area (Å²) in [5.41, 5.74) is 2.12. The maximum Gasteiger partial charge on any atom is 0.272 e. The van der Waals surface area contributed by atoms with E-state index in [9.17, 15) is 9.18 Å². The summed E-state index contributed by atoms with van der Waals surface area (Å²) >= 11 is 0. The second kappa shape index (κ2) is 7.72. The minimum atomic E-state index is -0.359. The Morgan fingerprint density at radius 3 is 2.71 bits per heavy atom. The van der Waals surface area contributed by atoms with Crippen LogP contribution in [-0.2, 0) is 19.7 Å². The van der Waals surface area contributed by atoms with Crippen LogP contribution in [0.15, 0.2) is 54.6 Å². The van der Waals surface area contributed by atoms with Gasteiger partial charge in [-0.15, -0.1) is 5.10 Å². The zero-order valence-corrected chi connectivity index (χ0v) is 15.5. The average molecular weight is 381 g/mol. The van der Waals surface area contributed by atoms with Crippen LogP contribution in [0.5, 0.6) is 11.6 Å². The van der Waals surface area contributed by atoms with Crippen LogP contribution in [0.3, 0.4) is 0 Å². The first-order valence-corrected chi connectivity index (χ1v) is 9.00. The van der Waals surface area contributed by atoms with Crippen LogP contribution >= 0.6 is 0 Å². The van der Waals surface area contributed by atoms with E-state index in [1.54, 1.807) is 21.7 Å². The molecule has 0 saturated carbocycles. The molecule has 0 radical (unpaired) electrons. The molecular weight excluding hydrogens is 361 g/mol. The molecule has 1 aromatic heterocycles. The van der Waals surface area contributed by atoms with Gasteiger partial charge >= 0.3 is 0 Å². The third kappa shape index (κ3) is 3.69. The molecule has 3 aromatic rings. The summed E-state index contributed by atoms with van der Waals surface area (Å²) < 4.78 is 26.3.